The summed E-state index contributed by atoms with van der Waals surface area (Å²) in [6.45, 7) is 9.36. The van der Waals surface area contributed by atoms with Gasteiger partial charge in [-0.15, -0.1) is 31.4 Å². The maximum Gasteiger partial charge on any atom is 0.259 e. The molecule has 3 fully saturated rings. The number of likely N-dealkylation sites (tertiary alicyclic amines) is 1. The monoisotopic (exact) mass is 761 g/mol. The highest BCUT2D eigenvalue weighted by atomic mass is 35.5. The van der Waals surface area contributed by atoms with Gasteiger partial charge in [-0.1, -0.05) is 57.2 Å². The Bertz CT molecular complexity index is 1920. The highest BCUT2D eigenvalue weighted by Gasteiger charge is 2.62. The molecule has 0 bridgehead atoms. The summed E-state index contributed by atoms with van der Waals surface area (Å²) in [7, 11) is -2.28. The van der Waals surface area contributed by atoms with Gasteiger partial charge in [-0.3, -0.25) is 19.1 Å². The van der Waals surface area contributed by atoms with Crippen LogP contribution in [0.15, 0.2) is 67.3 Å². The first-order chi connectivity index (χ1) is 23.2. The molecule has 1 aromatic heterocycles. The fourth-order valence-corrected chi connectivity index (χ4v) is 7.64. The van der Waals surface area contributed by atoms with Crippen LogP contribution in [0, 0.1) is 11.3 Å². The molecule has 3 aliphatic rings. The number of nitrogens with two attached hydrogens (primary N) is 1. The number of carbonyl (C=O) groups is 3. The highest BCUT2D eigenvalue weighted by Crippen LogP contribution is 2.45. The third-order valence-corrected chi connectivity index (χ3v) is 11.5. The number of halogens is 2. The van der Waals surface area contributed by atoms with Crippen LogP contribution in [0.25, 0.3) is 22.2 Å². The lowest BCUT2D eigenvalue weighted by molar-refractivity contribution is -0.142. The van der Waals surface area contributed by atoms with E-state index >= 15 is 0 Å². The van der Waals surface area contributed by atoms with Crippen molar-refractivity contribution in [2.75, 3.05) is 13.7 Å². The van der Waals surface area contributed by atoms with E-state index in [1.54, 1.807) is 7.11 Å². The SMILES string of the molecule is C=CC1C[C@]1(NC(=O)[C@@H]1C[C@@H](Oc2cc(-c3ccccc3)nc3cc(OC)ccc23)CN1C(=O)[C@@H](N)C(C)(C)C)C(=O)NS(=O)(=O)C1CC1.Cl.Cl. The summed E-state index contributed by atoms with van der Waals surface area (Å²) in [5.74, 6) is -1.17. The van der Waals surface area contributed by atoms with Crippen LogP contribution >= 0.6 is 24.8 Å². The Morgan fingerprint density at radius 2 is 1.78 bits per heavy atom. The molecule has 6 rings (SSSR count). The van der Waals surface area contributed by atoms with E-state index in [1.807, 2.05) is 75.4 Å². The molecule has 1 unspecified atom stereocenters. The number of aromatic nitrogens is 1. The van der Waals surface area contributed by atoms with Crippen LogP contribution in [0.5, 0.6) is 11.5 Å². The van der Waals surface area contributed by atoms with Crippen molar-refractivity contribution in [3.8, 4) is 22.8 Å². The fourth-order valence-electron chi connectivity index (χ4n) is 6.28. The van der Waals surface area contributed by atoms with Gasteiger partial charge in [0.25, 0.3) is 5.91 Å². The molecule has 3 aromatic rings. The number of rotatable bonds is 11. The van der Waals surface area contributed by atoms with E-state index in [-0.39, 0.29) is 44.2 Å². The first-order valence-corrected chi connectivity index (χ1v) is 18.0. The normalized spacial score (nSPS) is 23.2. The number of nitrogens with zero attached hydrogens (tertiary/aromatic N) is 2. The third-order valence-electron chi connectivity index (χ3n) is 9.64. The summed E-state index contributed by atoms with van der Waals surface area (Å²) in [5.41, 5.74) is 6.52. The molecule has 2 aromatic carbocycles. The maximum atomic E-state index is 14.1. The van der Waals surface area contributed by atoms with E-state index in [0.717, 1.165) is 10.9 Å². The molecule has 15 heteroatoms. The number of carbonyl (C=O) groups excluding carboxylic acids is 3. The predicted octanol–water partition coefficient (Wildman–Crippen LogP) is 4.15. The van der Waals surface area contributed by atoms with Crippen LogP contribution in [0.1, 0.15) is 46.5 Å². The summed E-state index contributed by atoms with van der Waals surface area (Å²) in [5, 5.41) is 2.92. The Morgan fingerprint density at radius 3 is 2.37 bits per heavy atom. The summed E-state index contributed by atoms with van der Waals surface area (Å²) in [6, 6.07) is 15.0. The molecule has 1 aliphatic heterocycles. The molecule has 3 amide bonds. The zero-order valence-corrected chi connectivity index (χ0v) is 31.4. The van der Waals surface area contributed by atoms with Crippen LogP contribution in [-0.2, 0) is 24.4 Å². The first kappa shape index (κ1) is 39.9. The molecule has 0 spiro atoms. The Hall–Kier alpha value is -3.91. The molecule has 4 N–H and O–H groups in total. The molecule has 5 atom stereocenters. The van der Waals surface area contributed by atoms with E-state index in [9.17, 15) is 22.8 Å². The topological polar surface area (TPSA) is 170 Å². The zero-order valence-electron chi connectivity index (χ0n) is 29.0. The van der Waals surface area contributed by atoms with Gasteiger partial charge in [-0.25, -0.2) is 13.4 Å². The van der Waals surface area contributed by atoms with Crippen molar-refractivity contribution in [2.24, 2.45) is 17.1 Å². The van der Waals surface area contributed by atoms with Gasteiger partial charge >= 0.3 is 0 Å². The van der Waals surface area contributed by atoms with Crippen molar-refractivity contribution in [3.05, 3.63) is 67.3 Å². The lowest BCUT2D eigenvalue weighted by Gasteiger charge is -2.33. The van der Waals surface area contributed by atoms with Crippen LogP contribution in [0.2, 0.25) is 0 Å². The number of ether oxygens (including phenoxy) is 2. The smallest absolute Gasteiger partial charge is 0.259 e. The molecule has 2 aliphatic carbocycles. The van der Waals surface area contributed by atoms with Crippen molar-refractivity contribution in [1.29, 1.82) is 0 Å². The van der Waals surface area contributed by atoms with Crippen molar-refractivity contribution in [2.45, 2.75) is 75.4 Å². The Kier molecular flexibility index (Phi) is 11.7. The molecule has 2 heterocycles. The van der Waals surface area contributed by atoms with Gasteiger partial charge in [0.2, 0.25) is 21.8 Å². The lowest BCUT2D eigenvalue weighted by atomic mass is 9.86. The predicted molar refractivity (Wildman–Crippen MR) is 199 cm³/mol. The number of benzene rings is 2. The van der Waals surface area contributed by atoms with Crippen LogP contribution in [0.3, 0.4) is 0 Å². The number of methoxy groups -OCH3 is 1. The van der Waals surface area contributed by atoms with Gasteiger partial charge in [0.1, 0.15) is 29.2 Å². The van der Waals surface area contributed by atoms with Gasteiger partial charge < -0.3 is 25.4 Å². The van der Waals surface area contributed by atoms with E-state index in [1.165, 1.54) is 11.0 Å². The van der Waals surface area contributed by atoms with E-state index in [2.05, 4.69) is 16.6 Å². The number of nitrogens with one attached hydrogen (secondary N) is 2. The summed E-state index contributed by atoms with van der Waals surface area (Å²) >= 11 is 0. The Balaban J connectivity index is 0.00000292. The average molecular weight is 763 g/mol. The van der Waals surface area contributed by atoms with E-state index in [0.29, 0.717) is 35.6 Å². The highest BCUT2D eigenvalue weighted by molar-refractivity contribution is 7.91. The van der Waals surface area contributed by atoms with Crippen LogP contribution < -0.4 is 25.2 Å². The first-order valence-electron chi connectivity index (χ1n) is 16.4. The number of fused-ring (bicyclic) bond motifs is 1. The second-order valence-corrected chi connectivity index (χ2v) is 16.2. The number of hydrogen-bond donors (Lipinski definition) is 3. The number of pyridine rings is 1. The molecular formula is C36H45Cl2N5O7S. The quantitative estimate of drug-likeness (QED) is 0.243. The molecule has 12 nitrogen and oxygen atoms in total. The summed E-state index contributed by atoms with van der Waals surface area (Å²) in [4.78, 5) is 47.6. The largest absolute Gasteiger partial charge is 0.497 e. The number of amides is 3. The zero-order chi connectivity index (χ0) is 35.3. The molecular weight excluding hydrogens is 717 g/mol. The summed E-state index contributed by atoms with van der Waals surface area (Å²) < 4.78 is 39.5. The van der Waals surface area contributed by atoms with Crippen molar-refractivity contribution < 1.29 is 32.3 Å². The lowest BCUT2D eigenvalue weighted by Crippen LogP contribution is -2.59. The molecule has 0 radical (unpaired) electrons. The Labute approximate surface area is 310 Å². The standard InChI is InChI=1S/C36H43N5O7S.2ClH/c1-6-22-19-36(22,34(44)40-49(45,46)25-13-14-25)39-32(42)29-17-24(20-41(29)33(43)31(37)35(2,3)4)48-30-18-27(21-10-8-7-9-11-21)38-28-16-23(47-5)12-15-26(28)30;;/h6-12,15-16,18,22,24-25,29,31H,1,13-14,17,19-20,37H2,2-5H3,(H,39,42)(H,40,44);2*1H/t22?,24-,29+,31-,36-;;/m1../s1. The minimum Gasteiger partial charge on any atom is -0.497 e. The second kappa shape index (κ2) is 15.0. The van der Waals surface area contributed by atoms with Gasteiger partial charge in [0.15, 0.2) is 0 Å². The number of hydrogen-bond acceptors (Lipinski definition) is 9. The van der Waals surface area contributed by atoms with E-state index < -0.39 is 68.1 Å². The van der Waals surface area contributed by atoms with Crippen molar-refractivity contribution >= 4 is 63.5 Å². The van der Waals surface area contributed by atoms with Crippen LogP contribution in [0.4, 0.5) is 0 Å². The van der Waals surface area contributed by atoms with Crippen LogP contribution in [-0.4, -0.2) is 78.7 Å². The molecule has 51 heavy (non-hydrogen) atoms. The molecule has 1 saturated heterocycles. The fraction of sp³-hybridized carbons (Fsp3) is 0.444. The van der Waals surface area contributed by atoms with Gasteiger partial charge in [0.05, 0.1) is 36.2 Å². The molecule has 276 valence electrons. The minimum absolute atomic E-state index is 0. The average Bonchev–Trinajstić information content (AvgIpc) is 4.00. The van der Waals surface area contributed by atoms with Gasteiger partial charge in [-0.2, -0.15) is 0 Å². The van der Waals surface area contributed by atoms with Crippen molar-refractivity contribution in [3.63, 3.8) is 0 Å². The van der Waals surface area contributed by atoms with E-state index in [4.69, 9.17) is 20.2 Å². The molecule has 2 saturated carbocycles. The van der Waals surface area contributed by atoms with Gasteiger partial charge in [-0.05, 0) is 36.8 Å². The second-order valence-electron chi connectivity index (χ2n) is 14.3. The Morgan fingerprint density at radius 1 is 1.10 bits per heavy atom. The minimum atomic E-state index is -3.86. The summed E-state index contributed by atoms with van der Waals surface area (Å²) in [6.07, 6.45) is 2.15. The van der Waals surface area contributed by atoms with Crippen molar-refractivity contribution in [1.82, 2.24) is 19.9 Å². The van der Waals surface area contributed by atoms with Gasteiger partial charge in [0, 0.05) is 35.4 Å². The maximum absolute atomic E-state index is 14.1. The number of sulfonamides is 1. The third kappa shape index (κ3) is 8.11.